The van der Waals surface area contributed by atoms with E-state index in [1.807, 2.05) is 12.1 Å². The number of nitrogen functional groups attached to an aromatic ring is 1. The Morgan fingerprint density at radius 2 is 2.00 bits per heavy atom. The molecule has 0 radical (unpaired) electrons. The van der Waals surface area contributed by atoms with Crippen molar-refractivity contribution in [2.45, 2.75) is 0 Å². The molecule has 78 valence electrons. The zero-order chi connectivity index (χ0) is 11.0. The number of rotatable bonds is 1. The molecule has 0 fully saturated rings. The normalized spacial score (nSPS) is 10.8. The monoisotopic (exact) mass is 226 g/mol. The van der Waals surface area contributed by atoms with E-state index >= 15 is 0 Å². The van der Waals surface area contributed by atoms with Crippen molar-refractivity contribution in [2.75, 3.05) is 5.73 Å². The van der Waals surface area contributed by atoms with Gasteiger partial charge in [-0.1, -0.05) is 18.2 Å². The molecule has 16 heavy (non-hydrogen) atoms. The fraction of sp³-hybridized carbons (Fsp3) is 0. The van der Waals surface area contributed by atoms with Gasteiger partial charge in [0.25, 0.3) is 0 Å². The van der Waals surface area contributed by atoms with Crippen molar-refractivity contribution in [1.29, 1.82) is 0 Å². The highest BCUT2D eigenvalue weighted by Gasteiger charge is 2.06. The van der Waals surface area contributed by atoms with Crippen molar-refractivity contribution in [2.24, 2.45) is 0 Å². The average Bonchev–Trinajstić information content (AvgIpc) is 2.83. The molecule has 2 aromatic heterocycles. The molecule has 3 rings (SSSR count). The molecule has 0 atom stereocenters. The fourth-order valence-electron chi connectivity index (χ4n) is 1.84. The number of thiophene rings is 1. The predicted octanol–water partition coefficient (Wildman–Crippen LogP) is 3.55. The van der Waals surface area contributed by atoms with Crippen LogP contribution in [0.25, 0.3) is 21.3 Å². The van der Waals surface area contributed by atoms with Gasteiger partial charge in [-0.25, -0.2) is 0 Å². The van der Waals surface area contributed by atoms with Gasteiger partial charge in [0, 0.05) is 22.0 Å². The number of hydrogen-bond acceptors (Lipinski definition) is 3. The molecule has 0 saturated heterocycles. The first-order valence-electron chi connectivity index (χ1n) is 5.03. The summed E-state index contributed by atoms with van der Waals surface area (Å²) in [6, 6.07) is 12.2. The Hall–Kier alpha value is -1.87. The second kappa shape index (κ2) is 3.61. The van der Waals surface area contributed by atoms with Gasteiger partial charge in [0.2, 0.25) is 0 Å². The smallest absolute Gasteiger partial charge is 0.0937 e. The first-order valence-corrected chi connectivity index (χ1v) is 5.91. The van der Waals surface area contributed by atoms with Crippen LogP contribution in [0.3, 0.4) is 0 Å². The van der Waals surface area contributed by atoms with E-state index in [0.717, 1.165) is 16.6 Å². The third-order valence-corrected chi connectivity index (χ3v) is 3.49. The fourth-order valence-corrected chi connectivity index (χ4v) is 2.61. The molecule has 0 unspecified atom stereocenters. The molecule has 3 aromatic rings. The standard InChI is InChI=1S/C13H10N2S/c14-11-6-5-9(12-4-2-8-16-12)10-3-1-7-15-13(10)11/h1-8H,14H2. The first-order chi connectivity index (χ1) is 7.86. The van der Waals surface area contributed by atoms with Crippen LogP contribution in [-0.4, -0.2) is 4.98 Å². The van der Waals surface area contributed by atoms with Gasteiger partial charge in [-0.3, -0.25) is 4.98 Å². The molecule has 2 heterocycles. The van der Waals surface area contributed by atoms with Gasteiger partial charge in [-0.2, -0.15) is 0 Å². The first kappa shape index (κ1) is 9.36. The number of nitrogens with zero attached hydrogens (tertiary/aromatic N) is 1. The quantitative estimate of drug-likeness (QED) is 0.644. The van der Waals surface area contributed by atoms with E-state index in [2.05, 4.69) is 34.6 Å². The summed E-state index contributed by atoms with van der Waals surface area (Å²) in [6.07, 6.45) is 1.77. The highest BCUT2D eigenvalue weighted by atomic mass is 32.1. The van der Waals surface area contributed by atoms with E-state index in [1.165, 1.54) is 10.4 Å². The molecule has 0 aliphatic carbocycles. The van der Waals surface area contributed by atoms with Gasteiger partial charge < -0.3 is 5.73 Å². The maximum Gasteiger partial charge on any atom is 0.0937 e. The number of fused-ring (bicyclic) bond motifs is 1. The minimum absolute atomic E-state index is 0.732. The van der Waals surface area contributed by atoms with Crippen LogP contribution in [0.2, 0.25) is 0 Å². The molecule has 0 aliphatic heterocycles. The van der Waals surface area contributed by atoms with Crippen LogP contribution < -0.4 is 5.73 Å². The Balaban J connectivity index is 2.39. The van der Waals surface area contributed by atoms with Crippen LogP contribution in [-0.2, 0) is 0 Å². The SMILES string of the molecule is Nc1ccc(-c2cccs2)c2cccnc12. The van der Waals surface area contributed by atoms with Crippen LogP contribution >= 0.6 is 11.3 Å². The van der Waals surface area contributed by atoms with Crippen molar-refractivity contribution in [1.82, 2.24) is 4.98 Å². The molecule has 0 saturated carbocycles. The summed E-state index contributed by atoms with van der Waals surface area (Å²) in [5, 5.41) is 3.19. The van der Waals surface area contributed by atoms with Crippen LogP contribution in [0.5, 0.6) is 0 Å². The summed E-state index contributed by atoms with van der Waals surface area (Å²) in [6.45, 7) is 0. The number of aromatic nitrogens is 1. The Morgan fingerprint density at radius 3 is 2.81 bits per heavy atom. The minimum atomic E-state index is 0.732. The maximum atomic E-state index is 5.92. The molecule has 1 aromatic carbocycles. The molecule has 2 N–H and O–H groups in total. The van der Waals surface area contributed by atoms with E-state index in [9.17, 15) is 0 Å². The molecule has 0 spiro atoms. The van der Waals surface area contributed by atoms with Gasteiger partial charge in [-0.05, 0) is 23.6 Å². The number of anilines is 1. The summed E-state index contributed by atoms with van der Waals surface area (Å²) in [5.41, 5.74) is 8.74. The molecular weight excluding hydrogens is 216 g/mol. The molecule has 0 aliphatic rings. The maximum absolute atomic E-state index is 5.92. The van der Waals surface area contributed by atoms with Gasteiger partial charge >= 0.3 is 0 Å². The van der Waals surface area contributed by atoms with E-state index in [0.29, 0.717) is 0 Å². The van der Waals surface area contributed by atoms with Crippen molar-refractivity contribution in [3.63, 3.8) is 0 Å². The lowest BCUT2D eigenvalue weighted by atomic mass is 10.1. The van der Waals surface area contributed by atoms with Crippen LogP contribution in [0.1, 0.15) is 0 Å². The number of hydrogen-bond donors (Lipinski definition) is 1. The molecule has 3 heteroatoms. The Kier molecular flexibility index (Phi) is 2.11. The molecule has 2 nitrogen and oxygen atoms in total. The van der Waals surface area contributed by atoms with E-state index in [1.54, 1.807) is 17.5 Å². The number of nitrogens with two attached hydrogens (primary N) is 1. The summed E-state index contributed by atoms with van der Waals surface area (Å²) < 4.78 is 0. The largest absolute Gasteiger partial charge is 0.397 e. The summed E-state index contributed by atoms with van der Waals surface area (Å²) in [4.78, 5) is 5.58. The third kappa shape index (κ3) is 1.37. The second-order valence-corrected chi connectivity index (χ2v) is 4.53. The minimum Gasteiger partial charge on any atom is -0.397 e. The zero-order valence-electron chi connectivity index (χ0n) is 8.55. The van der Waals surface area contributed by atoms with Gasteiger partial charge in [0.05, 0.1) is 11.2 Å². The van der Waals surface area contributed by atoms with Gasteiger partial charge in [0.15, 0.2) is 0 Å². The van der Waals surface area contributed by atoms with Crippen molar-refractivity contribution in [3.8, 4) is 10.4 Å². The summed E-state index contributed by atoms with van der Waals surface area (Å²) in [7, 11) is 0. The summed E-state index contributed by atoms with van der Waals surface area (Å²) in [5.74, 6) is 0. The van der Waals surface area contributed by atoms with Crippen LogP contribution in [0.4, 0.5) is 5.69 Å². The van der Waals surface area contributed by atoms with E-state index in [4.69, 9.17) is 5.73 Å². The van der Waals surface area contributed by atoms with Crippen LogP contribution in [0, 0.1) is 0 Å². The zero-order valence-corrected chi connectivity index (χ0v) is 9.37. The lowest BCUT2D eigenvalue weighted by Gasteiger charge is -2.05. The molecule has 0 amide bonds. The van der Waals surface area contributed by atoms with E-state index in [-0.39, 0.29) is 0 Å². The Morgan fingerprint density at radius 1 is 1.06 bits per heavy atom. The van der Waals surface area contributed by atoms with E-state index < -0.39 is 0 Å². The van der Waals surface area contributed by atoms with Crippen LogP contribution in [0.15, 0.2) is 48.0 Å². The van der Waals surface area contributed by atoms with Gasteiger partial charge in [0.1, 0.15) is 0 Å². The molecular formula is C13H10N2S. The summed E-state index contributed by atoms with van der Waals surface area (Å²) >= 11 is 1.73. The highest BCUT2D eigenvalue weighted by molar-refractivity contribution is 7.13. The Labute approximate surface area is 97.4 Å². The molecule has 0 bridgehead atoms. The van der Waals surface area contributed by atoms with Crippen molar-refractivity contribution < 1.29 is 0 Å². The predicted molar refractivity (Wildman–Crippen MR) is 69.5 cm³/mol. The lowest BCUT2D eigenvalue weighted by molar-refractivity contribution is 1.41. The second-order valence-electron chi connectivity index (χ2n) is 3.58. The lowest BCUT2D eigenvalue weighted by Crippen LogP contribution is -1.90. The van der Waals surface area contributed by atoms with Gasteiger partial charge in [-0.15, -0.1) is 11.3 Å². The Bertz CT molecular complexity index is 629. The van der Waals surface area contributed by atoms with Crippen molar-refractivity contribution in [3.05, 3.63) is 48.0 Å². The topological polar surface area (TPSA) is 38.9 Å². The highest BCUT2D eigenvalue weighted by Crippen LogP contribution is 2.33. The number of benzene rings is 1. The average molecular weight is 226 g/mol. The third-order valence-electron chi connectivity index (χ3n) is 2.59. The number of pyridine rings is 1. The van der Waals surface area contributed by atoms with Crippen molar-refractivity contribution >= 4 is 27.9 Å².